The molecule has 3 rings (SSSR count). The highest BCUT2D eigenvalue weighted by Crippen LogP contribution is 2.34. The lowest BCUT2D eigenvalue weighted by molar-refractivity contribution is 0.621. The molecular formula is C15H9BrClFN2S. The molecule has 0 fully saturated rings. The van der Waals surface area contributed by atoms with Gasteiger partial charge in [-0.3, -0.25) is 0 Å². The van der Waals surface area contributed by atoms with Gasteiger partial charge in [0.15, 0.2) is 0 Å². The average molecular weight is 384 g/mol. The van der Waals surface area contributed by atoms with Gasteiger partial charge in [0.1, 0.15) is 21.2 Å². The standard InChI is InChI=1S/C15H9BrClFN2S/c16-11-8-10(6-7-12(11)18)14-19-20-15(21-14)13(17)9-4-2-1-3-5-9/h1-8,13H. The van der Waals surface area contributed by atoms with Crippen LogP contribution in [0.2, 0.25) is 0 Å². The van der Waals surface area contributed by atoms with Gasteiger partial charge in [-0.05, 0) is 39.7 Å². The number of aromatic nitrogens is 2. The molecule has 0 saturated carbocycles. The maximum Gasteiger partial charge on any atom is 0.147 e. The Hall–Kier alpha value is -1.30. The molecule has 3 aromatic rings. The van der Waals surface area contributed by atoms with E-state index in [0.717, 1.165) is 16.1 Å². The van der Waals surface area contributed by atoms with Gasteiger partial charge in [-0.15, -0.1) is 21.8 Å². The summed E-state index contributed by atoms with van der Waals surface area (Å²) in [5.41, 5.74) is 1.78. The summed E-state index contributed by atoms with van der Waals surface area (Å²) >= 11 is 11.0. The minimum absolute atomic E-state index is 0.303. The number of alkyl halides is 1. The third kappa shape index (κ3) is 3.15. The van der Waals surface area contributed by atoms with Gasteiger partial charge in [0.25, 0.3) is 0 Å². The Balaban J connectivity index is 1.91. The van der Waals surface area contributed by atoms with E-state index >= 15 is 0 Å². The number of hydrogen-bond acceptors (Lipinski definition) is 3. The maximum absolute atomic E-state index is 13.3. The van der Waals surface area contributed by atoms with Gasteiger partial charge in [0.05, 0.1) is 4.47 Å². The van der Waals surface area contributed by atoms with Crippen LogP contribution in [-0.2, 0) is 0 Å². The molecule has 0 spiro atoms. The van der Waals surface area contributed by atoms with Crippen molar-refractivity contribution >= 4 is 38.9 Å². The van der Waals surface area contributed by atoms with Gasteiger partial charge in [-0.25, -0.2) is 4.39 Å². The third-order valence-electron chi connectivity index (χ3n) is 2.92. The van der Waals surface area contributed by atoms with Gasteiger partial charge >= 0.3 is 0 Å². The van der Waals surface area contributed by atoms with Gasteiger partial charge in [0, 0.05) is 5.56 Å². The molecule has 0 aliphatic rings. The zero-order valence-corrected chi connectivity index (χ0v) is 13.8. The smallest absolute Gasteiger partial charge is 0.147 e. The summed E-state index contributed by atoms with van der Waals surface area (Å²) in [5.74, 6) is -0.303. The van der Waals surface area contributed by atoms with Crippen molar-refractivity contribution in [1.29, 1.82) is 0 Å². The molecule has 0 N–H and O–H groups in total. The Kier molecular flexibility index (Phi) is 4.33. The first-order valence-electron chi connectivity index (χ1n) is 6.13. The Morgan fingerprint density at radius 1 is 1.10 bits per heavy atom. The molecular weight excluding hydrogens is 375 g/mol. The van der Waals surface area contributed by atoms with E-state index in [1.807, 2.05) is 30.3 Å². The molecule has 0 aliphatic carbocycles. The fraction of sp³-hybridized carbons (Fsp3) is 0.0667. The number of nitrogens with zero attached hydrogens (tertiary/aromatic N) is 2. The van der Waals surface area contributed by atoms with Gasteiger partial charge < -0.3 is 0 Å². The van der Waals surface area contributed by atoms with Crippen molar-refractivity contribution < 1.29 is 4.39 Å². The summed E-state index contributed by atoms with van der Waals surface area (Å²) in [6.07, 6.45) is 0. The topological polar surface area (TPSA) is 25.8 Å². The SMILES string of the molecule is Fc1ccc(-c2nnc(C(Cl)c3ccccc3)s2)cc1Br. The monoisotopic (exact) mass is 382 g/mol. The molecule has 21 heavy (non-hydrogen) atoms. The zero-order chi connectivity index (χ0) is 14.8. The lowest BCUT2D eigenvalue weighted by Gasteiger charge is -2.04. The van der Waals surface area contributed by atoms with Crippen LogP contribution < -0.4 is 0 Å². The van der Waals surface area contributed by atoms with Crippen molar-refractivity contribution in [2.75, 3.05) is 0 Å². The van der Waals surface area contributed by atoms with Crippen LogP contribution in [-0.4, -0.2) is 10.2 Å². The molecule has 0 saturated heterocycles. The number of benzene rings is 2. The number of hydrogen-bond donors (Lipinski definition) is 0. The Labute approximate surface area is 138 Å². The van der Waals surface area contributed by atoms with Gasteiger partial charge in [-0.1, -0.05) is 41.7 Å². The average Bonchev–Trinajstić information content (AvgIpc) is 3.00. The fourth-order valence-electron chi connectivity index (χ4n) is 1.85. The second-order valence-electron chi connectivity index (χ2n) is 4.35. The van der Waals surface area contributed by atoms with E-state index in [1.54, 1.807) is 12.1 Å². The van der Waals surface area contributed by atoms with Crippen LogP contribution in [0.1, 0.15) is 15.9 Å². The molecule has 106 valence electrons. The summed E-state index contributed by atoms with van der Waals surface area (Å²) in [4.78, 5) is 0. The third-order valence-corrected chi connectivity index (χ3v) is 5.15. The molecule has 2 aromatic carbocycles. The molecule has 0 bridgehead atoms. The van der Waals surface area contributed by atoms with E-state index in [9.17, 15) is 4.39 Å². The van der Waals surface area contributed by atoms with Crippen molar-refractivity contribution in [3.8, 4) is 10.6 Å². The summed E-state index contributed by atoms with van der Waals surface area (Å²) in [6.45, 7) is 0. The predicted molar refractivity (Wildman–Crippen MR) is 87.1 cm³/mol. The summed E-state index contributed by atoms with van der Waals surface area (Å²) in [6, 6.07) is 14.5. The Bertz CT molecular complexity index is 763. The first-order valence-corrected chi connectivity index (χ1v) is 8.17. The minimum atomic E-state index is -0.332. The highest BCUT2D eigenvalue weighted by molar-refractivity contribution is 9.10. The summed E-state index contributed by atoms with van der Waals surface area (Å²) < 4.78 is 13.7. The first kappa shape index (κ1) is 14.6. The van der Waals surface area contributed by atoms with E-state index in [0.29, 0.717) is 9.48 Å². The molecule has 1 atom stereocenters. The van der Waals surface area contributed by atoms with E-state index in [2.05, 4.69) is 26.1 Å². The second-order valence-corrected chi connectivity index (χ2v) is 6.65. The van der Waals surface area contributed by atoms with Crippen LogP contribution in [0.5, 0.6) is 0 Å². The van der Waals surface area contributed by atoms with Crippen molar-refractivity contribution in [3.63, 3.8) is 0 Å². The van der Waals surface area contributed by atoms with Crippen LogP contribution in [0.25, 0.3) is 10.6 Å². The number of halogens is 3. The van der Waals surface area contributed by atoms with E-state index < -0.39 is 0 Å². The lowest BCUT2D eigenvalue weighted by atomic mass is 10.1. The minimum Gasteiger partial charge on any atom is -0.206 e. The zero-order valence-electron chi connectivity index (χ0n) is 10.6. The van der Waals surface area contributed by atoms with Crippen molar-refractivity contribution in [2.45, 2.75) is 5.38 Å². The Morgan fingerprint density at radius 3 is 2.57 bits per heavy atom. The van der Waals surface area contributed by atoms with E-state index in [1.165, 1.54) is 17.4 Å². The summed E-state index contributed by atoms with van der Waals surface area (Å²) in [5, 5.41) is 9.40. The molecule has 1 heterocycles. The van der Waals surface area contributed by atoms with Crippen molar-refractivity contribution in [2.24, 2.45) is 0 Å². The molecule has 1 unspecified atom stereocenters. The second kappa shape index (κ2) is 6.22. The predicted octanol–water partition coefficient (Wildman–Crippen LogP) is 5.43. The van der Waals surface area contributed by atoms with Gasteiger partial charge in [0.2, 0.25) is 0 Å². The van der Waals surface area contributed by atoms with Crippen LogP contribution in [0.15, 0.2) is 53.0 Å². The number of rotatable bonds is 3. The highest BCUT2D eigenvalue weighted by Gasteiger charge is 2.17. The van der Waals surface area contributed by atoms with Crippen LogP contribution in [0.4, 0.5) is 4.39 Å². The van der Waals surface area contributed by atoms with E-state index in [4.69, 9.17) is 11.6 Å². The first-order chi connectivity index (χ1) is 10.1. The normalized spacial score (nSPS) is 12.3. The van der Waals surface area contributed by atoms with Crippen molar-refractivity contribution in [3.05, 3.63) is 69.4 Å². The summed E-state index contributed by atoms with van der Waals surface area (Å²) in [7, 11) is 0. The molecule has 0 amide bonds. The largest absolute Gasteiger partial charge is 0.206 e. The molecule has 0 aliphatic heterocycles. The molecule has 1 aromatic heterocycles. The quantitative estimate of drug-likeness (QED) is 0.563. The molecule has 6 heteroatoms. The van der Waals surface area contributed by atoms with Gasteiger partial charge in [-0.2, -0.15) is 0 Å². The van der Waals surface area contributed by atoms with E-state index in [-0.39, 0.29) is 11.2 Å². The van der Waals surface area contributed by atoms with Crippen molar-refractivity contribution in [1.82, 2.24) is 10.2 Å². The maximum atomic E-state index is 13.3. The fourth-order valence-corrected chi connectivity index (χ4v) is 3.39. The highest BCUT2D eigenvalue weighted by atomic mass is 79.9. The molecule has 0 radical (unpaired) electrons. The molecule has 2 nitrogen and oxygen atoms in total. The van der Waals surface area contributed by atoms with Crippen LogP contribution >= 0.6 is 38.9 Å². The Morgan fingerprint density at radius 2 is 1.86 bits per heavy atom. The van der Waals surface area contributed by atoms with Crippen LogP contribution in [0, 0.1) is 5.82 Å². The lowest BCUT2D eigenvalue weighted by Crippen LogP contribution is -1.91. The van der Waals surface area contributed by atoms with Crippen LogP contribution in [0.3, 0.4) is 0 Å².